The molecule has 4 heteroatoms. The number of carboxylic acids is 1. The molecule has 0 unspecified atom stereocenters. The highest BCUT2D eigenvalue weighted by Crippen LogP contribution is 2.24. The second-order valence-electron chi connectivity index (χ2n) is 6.10. The molecule has 2 aromatic rings. The van der Waals surface area contributed by atoms with Gasteiger partial charge in [-0.05, 0) is 30.4 Å². The van der Waals surface area contributed by atoms with Crippen LogP contribution >= 0.6 is 0 Å². The lowest BCUT2D eigenvalue weighted by atomic mass is 9.82. The molecule has 132 valence electrons. The summed E-state index contributed by atoms with van der Waals surface area (Å²) in [7, 11) is 0. The summed E-state index contributed by atoms with van der Waals surface area (Å²) in [5, 5.41) is 9.75. The quantitative estimate of drug-likeness (QED) is 0.706. The topological polar surface area (TPSA) is 63.6 Å². The number of carbonyl (C=O) groups excluding carboxylic acids is 1. The Hall–Kier alpha value is -2.62. The average molecular weight is 340 g/mol. The van der Waals surface area contributed by atoms with E-state index in [1.165, 1.54) is 0 Å². The molecule has 25 heavy (non-hydrogen) atoms. The van der Waals surface area contributed by atoms with Crippen LogP contribution in [0.2, 0.25) is 0 Å². The zero-order valence-electron chi connectivity index (χ0n) is 14.4. The first kappa shape index (κ1) is 18.7. The third-order valence-electron chi connectivity index (χ3n) is 4.15. The fraction of sp³-hybridized carbons (Fsp3) is 0.333. The van der Waals surface area contributed by atoms with Crippen molar-refractivity contribution >= 4 is 11.9 Å². The smallest absolute Gasteiger partial charge is 0.310 e. The first-order valence-electron chi connectivity index (χ1n) is 8.59. The van der Waals surface area contributed by atoms with Gasteiger partial charge in [-0.25, -0.2) is 0 Å². The molecule has 2 aromatic carbocycles. The number of hydrogen-bond acceptors (Lipinski definition) is 3. The predicted molar refractivity (Wildman–Crippen MR) is 96.2 cm³/mol. The van der Waals surface area contributed by atoms with Gasteiger partial charge in [0.05, 0.1) is 18.4 Å². The van der Waals surface area contributed by atoms with Crippen molar-refractivity contribution < 1.29 is 19.4 Å². The molecule has 0 amide bonds. The average Bonchev–Trinajstić information content (AvgIpc) is 2.64. The lowest BCUT2D eigenvalue weighted by Gasteiger charge is -2.23. The van der Waals surface area contributed by atoms with E-state index in [-0.39, 0.29) is 0 Å². The summed E-state index contributed by atoms with van der Waals surface area (Å²) in [4.78, 5) is 24.5. The van der Waals surface area contributed by atoms with Crippen LogP contribution in [0.1, 0.15) is 24.5 Å². The fourth-order valence-corrected chi connectivity index (χ4v) is 2.84. The molecule has 1 N–H and O–H groups in total. The highest BCUT2D eigenvalue weighted by molar-refractivity contribution is 5.81. The van der Waals surface area contributed by atoms with Crippen LogP contribution in [0.3, 0.4) is 0 Å². The van der Waals surface area contributed by atoms with Crippen molar-refractivity contribution in [1.82, 2.24) is 0 Å². The van der Waals surface area contributed by atoms with Gasteiger partial charge in [0, 0.05) is 0 Å². The molecule has 0 aliphatic carbocycles. The number of benzene rings is 2. The minimum Gasteiger partial charge on any atom is -0.481 e. The Kier molecular flexibility index (Phi) is 7.20. The van der Waals surface area contributed by atoms with Crippen molar-refractivity contribution in [2.75, 3.05) is 6.61 Å². The minimum atomic E-state index is -0.974. The first-order chi connectivity index (χ1) is 12.1. The molecule has 2 atom stereocenters. The number of carboxylic acid groups (broad SMARTS) is 1. The molecule has 4 nitrogen and oxygen atoms in total. The number of hydrogen-bond donors (Lipinski definition) is 1. The molecular formula is C21H24O4. The highest BCUT2D eigenvalue weighted by Gasteiger charge is 2.35. The summed E-state index contributed by atoms with van der Waals surface area (Å²) >= 11 is 0. The van der Waals surface area contributed by atoms with E-state index < -0.39 is 23.8 Å². The first-order valence-corrected chi connectivity index (χ1v) is 8.59. The molecule has 0 saturated heterocycles. The Balaban J connectivity index is 2.25. The summed E-state index contributed by atoms with van der Waals surface area (Å²) in [5.41, 5.74) is 1.83. The van der Waals surface area contributed by atoms with Crippen molar-refractivity contribution in [2.24, 2.45) is 11.8 Å². The van der Waals surface area contributed by atoms with Gasteiger partial charge in [-0.15, -0.1) is 0 Å². The summed E-state index contributed by atoms with van der Waals surface area (Å²) in [6, 6.07) is 18.9. The van der Waals surface area contributed by atoms with Crippen molar-refractivity contribution in [3.63, 3.8) is 0 Å². The van der Waals surface area contributed by atoms with Gasteiger partial charge in [0.2, 0.25) is 0 Å². The minimum absolute atomic E-state index is 0.300. The van der Waals surface area contributed by atoms with Crippen LogP contribution in [0.5, 0.6) is 0 Å². The van der Waals surface area contributed by atoms with Crippen LogP contribution in [0.15, 0.2) is 60.7 Å². The van der Waals surface area contributed by atoms with Gasteiger partial charge in [-0.2, -0.15) is 0 Å². The van der Waals surface area contributed by atoms with E-state index in [0.717, 1.165) is 11.1 Å². The van der Waals surface area contributed by atoms with Crippen LogP contribution in [-0.4, -0.2) is 23.7 Å². The standard InChI is InChI=1S/C21H24O4/c1-2-13-25-21(24)19(15-17-11-7-4-8-12-17)18(20(22)23)14-16-9-5-3-6-10-16/h3-12,18-19H,2,13-15H2,1H3,(H,22,23)/t18-,19+/m0/s1. The van der Waals surface area contributed by atoms with Gasteiger partial charge in [0.15, 0.2) is 0 Å². The number of carbonyl (C=O) groups is 2. The number of rotatable bonds is 9. The maximum atomic E-state index is 12.6. The van der Waals surface area contributed by atoms with E-state index in [1.807, 2.05) is 67.6 Å². The number of aliphatic carboxylic acids is 1. The zero-order valence-corrected chi connectivity index (χ0v) is 14.4. The summed E-state index contributed by atoms with van der Waals surface area (Å²) in [6.07, 6.45) is 1.36. The van der Waals surface area contributed by atoms with Crippen molar-refractivity contribution in [3.05, 3.63) is 71.8 Å². The highest BCUT2D eigenvalue weighted by atomic mass is 16.5. The molecule has 0 saturated carbocycles. The van der Waals surface area contributed by atoms with E-state index in [1.54, 1.807) is 0 Å². The molecule has 0 fully saturated rings. The van der Waals surface area contributed by atoms with E-state index in [2.05, 4.69) is 0 Å². The Labute approximate surface area is 148 Å². The number of ether oxygens (including phenoxy) is 1. The third-order valence-corrected chi connectivity index (χ3v) is 4.15. The van der Waals surface area contributed by atoms with Crippen LogP contribution in [0.4, 0.5) is 0 Å². The second kappa shape index (κ2) is 9.62. The van der Waals surface area contributed by atoms with Crippen LogP contribution in [0.25, 0.3) is 0 Å². The summed E-state index contributed by atoms with van der Waals surface area (Å²) in [5.74, 6) is -2.95. The predicted octanol–water partition coefficient (Wildman–Crippen LogP) is 3.74. The molecule has 0 heterocycles. The maximum absolute atomic E-state index is 12.6. The SMILES string of the molecule is CCCOC(=O)[C@H](Cc1ccccc1)[C@H](Cc1ccccc1)C(=O)O. The molecular weight excluding hydrogens is 316 g/mol. The van der Waals surface area contributed by atoms with Gasteiger partial charge in [0.1, 0.15) is 0 Å². The van der Waals surface area contributed by atoms with Gasteiger partial charge in [-0.1, -0.05) is 67.6 Å². The van der Waals surface area contributed by atoms with Crippen LogP contribution in [0, 0.1) is 11.8 Å². The van der Waals surface area contributed by atoms with Gasteiger partial charge in [0.25, 0.3) is 0 Å². The van der Waals surface area contributed by atoms with E-state index >= 15 is 0 Å². The Bertz CT molecular complexity index is 667. The van der Waals surface area contributed by atoms with Gasteiger partial charge < -0.3 is 9.84 Å². The third kappa shape index (κ3) is 5.75. The maximum Gasteiger partial charge on any atom is 0.310 e. The molecule has 0 aromatic heterocycles. The van der Waals surface area contributed by atoms with E-state index in [9.17, 15) is 14.7 Å². The zero-order chi connectivity index (χ0) is 18.1. The van der Waals surface area contributed by atoms with E-state index in [0.29, 0.717) is 25.9 Å². The molecule has 0 aliphatic heterocycles. The molecule has 0 bridgehead atoms. The van der Waals surface area contributed by atoms with Crippen LogP contribution in [-0.2, 0) is 27.2 Å². The van der Waals surface area contributed by atoms with Crippen LogP contribution < -0.4 is 0 Å². The monoisotopic (exact) mass is 340 g/mol. The molecule has 0 aliphatic rings. The second-order valence-corrected chi connectivity index (χ2v) is 6.10. The normalized spacial score (nSPS) is 13.0. The molecule has 0 radical (unpaired) electrons. The molecule has 0 spiro atoms. The van der Waals surface area contributed by atoms with Crippen molar-refractivity contribution in [2.45, 2.75) is 26.2 Å². The lowest BCUT2D eigenvalue weighted by molar-refractivity contribution is -0.157. The Morgan fingerprint density at radius 1 is 0.880 bits per heavy atom. The van der Waals surface area contributed by atoms with Crippen molar-refractivity contribution in [1.29, 1.82) is 0 Å². The Morgan fingerprint density at radius 2 is 1.36 bits per heavy atom. The Morgan fingerprint density at radius 3 is 1.80 bits per heavy atom. The summed E-state index contributed by atoms with van der Waals surface area (Å²) in [6.45, 7) is 2.22. The largest absolute Gasteiger partial charge is 0.481 e. The number of esters is 1. The molecule has 2 rings (SSSR count). The lowest BCUT2D eigenvalue weighted by Crippen LogP contribution is -2.34. The van der Waals surface area contributed by atoms with Gasteiger partial charge >= 0.3 is 11.9 Å². The summed E-state index contributed by atoms with van der Waals surface area (Å²) < 4.78 is 5.29. The van der Waals surface area contributed by atoms with Gasteiger partial charge in [-0.3, -0.25) is 9.59 Å². The van der Waals surface area contributed by atoms with E-state index in [4.69, 9.17) is 4.74 Å². The van der Waals surface area contributed by atoms with Crippen molar-refractivity contribution in [3.8, 4) is 0 Å². The fourth-order valence-electron chi connectivity index (χ4n) is 2.84.